The van der Waals surface area contributed by atoms with Gasteiger partial charge in [0.2, 0.25) is 0 Å². The first-order valence-corrected chi connectivity index (χ1v) is 5.82. The maximum Gasteiger partial charge on any atom is 4.00 e. The molecule has 3 heteroatoms. The van der Waals surface area contributed by atoms with Gasteiger partial charge in [-0.3, -0.25) is 4.98 Å². The van der Waals surface area contributed by atoms with E-state index in [1.54, 1.807) is 6.20 Å². The van der Waals surface area contributed by atoms with Crippen LogP contribution in [0.2, 0.25) is 0 Å². The van der Waals surface area contributed by atoms with E-state index < -0.39 is 0 Å². The van der Waals surface area contributed by atoms with Crippen LogP contribution in [0.25, 0.3) is 5.32 Å². The van der Waals surface area contributed by atoms with E-state index in [2.05, 4.69) is 43.2 Å². The fraction of sp³-hybridized carbons (Fsp3) is 0.222. The molecular formula is C18H26N2Ti. The van der Waals surface area contributed by atoms with Crippen molar-refractivity contribution in [3.8, 4) is 0 Å². The summed E-state index contributed by atoms with van der Waals surface area (Å²) in [5.41, 5.74) is 5.86. The van der Waals surface area contributed by atoms with E-state index in [1.807, 2.05) is 18.2 Å². The quantitative estimate of drug-likeness (QED) is 0.537. The van der Waals surface area contributed by atoms with Crippen molar-refractivity contribution in [2.75, 3.05) is 0 Å². The minimum absolute atomic E-state index is 0. The van der Waals surface area contributed by atoms with Gasteiger partial charge in [0.15, 0.2) is 0 Å². The molecule has 0 aliphatic carbocycles. The van der Waals surface area contributed by atoms with E-state index in [4.69, 9.17) is 0 Å². The first-order valence-electron chi connectivity index (χ1n) is 5.82. The molecule has 2 aromatic rings. The second kappa shape index (κ2) is 11.5. The van der Waals surface area contributed by atoms with Crippen molar-refractivity contribution in [1.29, 1.82) is 0 Å². The molecule has 0 radical (unpaired) electrons. The maximum absolute atomic E-state index is 4.65. The van der Waals surface area contributed by atoms with Crippen molar-refractivity contribution in [3.63, 3.8) is 0 Å². The molecule has 1 aromatic carbocycles. The second-order valence-electron chi connectivity index (χ2n) is 4.38. The molecule has 112 valence electrons. The third-order valence-electron chi connectivity index (χ3n) is 2.76. The van der Waals surface area contributed by atoms with Crippen LogP contribution in [0.5, 0.6) is 0 Å². The Morgan fingerprint density at radius 3 is 2.00 bits per heavy atom. The minimum Gasteiger partial charge on any atom is -0.679 e. The number of hydrogen-bond donors (Lipinski definition) is 0. The van der Waals surface area contributed by atoms with Crippen molar-refractivity contribution in [2.24, 2.45) is 0 Å². The Morgan fingerprint density at radius 1 is 0.952 bits per heavy atom. The van der Waals surface area contributed by atoms with E-state index in [0.717, 1.165) is 11.4 Å². The van der Waals surface area contributed by atoms with Crippen LogP contribution in [0.4, 0.5) is 5.69 Å². The fourth-order valence-electron chi connectivity index (χ4n) is 2.07. The summed E-state index contributed by atoms with van der Waals surface area (Å²) in [7, 11) is 0. The number of aryl methyl sites for hydroxylation is 3. The van der Waals surface area contributed by atoms with Crippen molar-refractivity contribution in [1.82, 2.24) is 4.98 Å². The van der Waals surface area contributed by atoms with Gasteiger partial charge in [-0.05, 0) is 32.9 Å². The maximum atomic E-state index is 4.65. The fourth-order valence-corrected chi connectivity index (χ4v) is 2.07. The predicted octanol–water partition coefficient (Wildman–Crippen LogP) is 5.56. The summed E-state index contributed by atoms with van der Waals surface area (Å²) in [4.78, 5) is 4.28. The molecule has 0 bridgehead atoms. The first-order chi connectivity index (χ1) is 8.16. The average molecular weight is 318 g/mol. The van der Waals surface area contributed by atoms with Gasteiger partial charge in [-0.1, -0.05) is 41.4 Å². The molecule has 0 saturated carbocycles. The Kier molecular flexibility index (Phi) is 13.7. The molecule has 0 aliphatic heterocycles. The van der Waals surface area contributed by atoms with E-state index in [0.29, 0.717) is 6.54 Å². The van der Waals surface area contributed by atoms with Crippen LogP contribution >= 0.6 is 0 Å². The number of benzene rings is 1. The average Bonchev–Trinajstić information content (AvgIpc) is 2.29. The van der Waals surface area contributed by atoms with Gasteiger partial charge in [-0.25, -0.2) is 0 Å². The normalized spacial score (nSPS) is 8.33. The molecule has 2 nitrogen and oxygen atoms in total. The standard InChI is InChI=1S/C15H17N2.3CH3.Ti/c1-11-8-12(2)15(13(3)9-11)17-10-14-6-4-5-7-16-14;;;;/h4-9H,10H2,1-3H3;3*1H3;/q4*-1;+4. The van der Waals surface area contributed by atoms with E-state index in [-0.39, 0.29) is 44.0 Å². The van der Waals surface area contributed by atoms with Gasteiger partial charge in [0, 0.05) is 11.9 Å². The van der Waals surface area contributed by atoms with Gasteiger partial charge in [-0.2, -0.15) is 0 Å². The predicted molar refractivity (Wildman–Crippen MR) is 90.9 cm³/mol. The summed E-state index contributed by atoms with van der Waals surface area (Å²) in [6, 6.07) is 10.3. The van der Waals surface area contributed by atoms with E-state index >= 15 is 0 Å². The number of hydrogen-bond acceptors (Lipinski definition) is 1. The van der Waals surface area contributed by atoms with Crippen LogP contribution in [-0.2, 0) is 28.3 Å². The molecule has 0 aliphatic rings. The van der Waals surface area contributed by atoms with Gasteiger partial charge in [0.05, 0.1) is 0 Å². The van der Waals surface area contributed by atoms with Gasteiger partial charge >= 0.3 is 21.7 Å². The van der Waals surface area contributed by atoms with Crippen LogP contribution < -0.4 is 0 Å². The summed E-state index contributed by atoms with van der Waals surface area (Å²) in [6.07, 6.45) is 1.81. The second-order valence-corrected chi connectivity index (χ2v) is 4.38. The Balaban J connectivity index is -0.000000810. The van der Waals surface area contributed by atoms with Crippen molar-refractivity contribution in [2.45, 2.75) is 27.3 Å². The SMILES string of the molecule is Cc1cc(C)c([N-]Cc2ccccn2)c(C)c1.[CH3-].[CH3-].[CH3-].[Ti+4]. The summed E-state index contributed by atoms with van der Waals surface area (Å²) in [6.45, 7) is 6.97. The van der Waals surface area contributed by atoms with Crippen LogP contribution in [-0.4, -0.2) is 4.98 Å². The van der Waals surface area contributed by atoms with Crippen LogP contribution in [0, 0.1) is 43.1 Å². The van der Waals surface area contributed by atoms with Crippen molar-refractivity contribution < 1.29 is 21.7 Å². The zero-order valence-corrected chi connectivity index (χ0v) is 15.6. The summed E-state index contributed by atoms with van der Waals surface area (Å²) >= 11 is 0. The van der Waals surface area contributed by atoms with E-state index in [1.165, 1.54) is 16.7 Å². The Bertz CT molecular complexity index is 487. The third kappa shape index (κ3) is 6.92. The largest absolute Gasteiger partial charge is 4.00 e. The Labute approximate surface area is 146 Å². The van der Waals surface area contributed by atoms with E-state index in [9.17, 15) is 0 Å². The van der Waals surface area contributed by atoms with Crippen LogP contribution in [0.15, 0.2) is 36.5 Å². The van der Waals surface area contributed by atoms with Crippen LogP contribution in [0.1, 0.15) is 22.4 Å². The van der Waals surface area contributed by atoms with Crippen molar-refractivity contribution in [3.05, 3.63) is 86.5 Å². The summed E-state index contributed by atoms with van der Waals surface area (Å²) in [5, 5.41) is 4.65. The number of pyridine rings is 1. The molecule has 2 rings (SSSR count). The molecule has 0 atom stereocenters. The van der Waals surface area contributed by atoms with Gasteiger partial charge in [-0.15, -0.1) is 5.69 Å². The Hall–Kier alpha value is -1.12. The minimum atomic E-state index is 0. The zero-order valence-electron chi connectivity index (χ0n) is 14.1. The number of nitrogens with zero attached hydrogens (tertiary/aromatic N) is 2. The molecule has 1 aromatic heterocycles. The molecule has 0 spiro atoms. The monoisotopic (exact) mass is 318 g/mol. The molecule has 0 unspecified atom stereocenters. The molecular weight excluding hydrogens is 292 g/mol. The number of aromatic nitrogens is 1. The molecule has 0 amide bonds. The molecule has 0 saturated heterocycles. The summed E-state index contributed by atoms with van der Waals surface area (Å²) in [5.74, 6) is 0. The molecule has 1 heterocycles. The van der Waals surface area contributed by atoms with Crippen LogP contribution in [0.3, 0.4) is 0 Å². The molecule has 0 fully saturated rings. The topological polar surface area (TPSA) is 27.0 Å². The molecule has 0 N–H and O–H groups in total. The van der Waals surface area contributed by atoms with Gasteiger partial charge in [0.25, 0.3) is 0 Å². The third-order valence-corrected chi connectivity index (χ3v) is 2.76. The smallest absolute Gasteiger partial charge is 0.679 e. The van der Waals surface area contributed by atoms with Crippen molar-refractivity contribution >= 4 is 5.69 Å². The van der Waals surface area contributed by atoms with Gasteiger partial charge < -0.3 is 27.6 Å². The summed E-state index contributed by atoms with van der Waals surface area (Å²) < 4.78 is 0. The zero-order chi connectivity index (χ0) is 12.3. The van der Waals surface area contributed by atoms with Gasteiger partial charge in [0.1, 0.15) is 0 Å². The number of rotatable bonds is 3. The first kappa shape index (κ1) is 24.9. The molecule has 21 heavy (non-hydrogen) atoms. The Morgan fingerprint density at radius 2 is 1.52 bits per heavy atom.